The van der Waals surface area contributed by atoms with Crippen molar-refractivity contribution in [3.05, 3.63) is 40.4 Å². The van der Waals surface area contributed by atoms with Crippen LogP contribution in [0, 0.1) is 5.92 Å². The van der Waals surface area contributed by atoms with Gasteiger partial charge in [0.1, 0.15) is 0 Å². The quantitative estimate of drug-likeness (QED) is 0.351. The molecule has 1 saturated heterocycles. The smallest absolute Gasteiger partial charge is 0.247 e. The van der Waals surface area contributed by atoms with Crippen LogP contribution in [0.4, 0.5) is 0 Å². The van der Waals surface area contributed by atoms with Crippen LogP contribution in [0.2, 0.25) is 5.02 Å². The monoisotopic (exact) mass is 577 g/mol. The van der Waals surface area contributed by atoms with Crippen molar-refractivity contribution in [2.45, 2.75) is 57.9 Å². The number of carbonyl (C=O) groups is 3. The molecule has 39 heavy (non-hydrogen) atoms. The fourth-order valence-corrected chi connectivity index (χ4v) is 5.92. The van der Waals surface area contributed by atoms with Crippen molar-refractivity contribution in [3.8, 4) is 0 Å². The maximum atomic E-state index is 12.8. The molecule has 4 rings (SSSR count). The van der Waals surface area contributed by atoms with E-state index in [-0.39, 0.29) is 23.8 Å². The molecule has 1 unspecified atom stereocenters. The van der Waals surface area contributed by atoms with Crippen molar-refractivity contribution in [2.24, 2.45) is 11.7 Å². The number of primary amides is 1. The number of aromatic nitrogens is 1. The van der Waals surface area contributed by atoms with Crippen molar-refractivity contribution < 1.29 is 19.1 Å². The lowest BCUT2D eigenvalue weighted by atomic mass is 9.97. The summed E-state index contributed by atoms with van der Waals surface area (Å²) in [4.78, 5) is 41.8. The Hall–Kier alpha value is -2.53. The summed E-state index contributed by atoms with van der Waals surface area (Å²) in [6.07, 6.45) is 5.89. The van der Waals surface area contributed by atoms with Crippen LogP contribution in [0.5, 0.6) is 0 Å². The number of nitrogens with one attached hydrogen (secondary N) is 2. The van der Waals surface area contributed by atoms with Gasteiger partial charge in [-0.15, -0.1) is 11.3 Å². The van der Waals surface area contributed by atoms with Crippen LogP contribution in [-0.4, -0.2) is 73.0 Å². The highest BCUT2D eigenvalue weighted by atomic mass is 35.5. The van der Waals surface area contributed by atoms with Gasteiger partial charge in [-0.05, 0) is 37.0 Å². The molecule has 1 atom stereocenters. The van der Waals surface area contributed by atoms with E-state index >= 15 is 0 Å². The molecular formula is C28H40ClN5O4S. The molecule has 214 valence electrons. The first kappa shape index (κ1) is 31.0. The molecule has 1 aromatic carbocycles. The number of hydrogen-bond acceptors (Lipinski definition) is 7. The Bertz CT molecular complexity index is 1130. The number of halogens is 1. The molecule has 11 heteroatoms. The van der Waals surface area contributed by atoms with E-state index in [1.807, 2.05) is 18.2 Å². The lowest BCUT2D eigenvalue weighted by molar-refractivity contribution is -0.123. The summed E-state index contributed by atoms with van der Waals surface area (Å²) in [6, 6.07) is 5.58. The molecule has 1 aliphatic carbocycles. The van der Waals surface area contributed by atoms with E-state index in [2.05, 4.69) is 32.8 Å². The van der Waals surface area contributed by atoms with Crippen LogP contribution in [-0.2, 0) is 25.5 Å². The van der Waals surface area contributed by atoms with Gasteiger partial charge in [-0.1, -0.05) is 37.9 Å². The number of amides is 3. The van der Waals surface area contributed by atoms with Crippen LogP contribution >= 0.6 is 22.9 Å². The van der Waals surface area contributed by atoms with Crippen molar-refractivity contribution >= 4 is 50.9 Å². The summed E-state index contributed by atoms with van der Waals surface area (Å²) < 4.78 is 6.40. The lowest BCUT2D eigenvalue weighted by Crippen LogP contribution is -2.48. The van der Waals surface area contributed by atoms with Gasteiger partial charge >= 0.3 is 0 Å². The number of nitrogens with zero attached hydrogens (tertiary/aromatic N) is 2. The Balaban J connectivity index is 0.000000771. The molecule has 0 radical (unpaired) electrons. The molecule has 1 aromatic heterocycles. The Morgan fingerprint density at radius 3 is 2.62 bits per heavy atom. The largest absolute Gasteiger partial charge is 0.379 e. The molecule has 3 amide bonds. The van der Waals surface area contributed by atoms with E-state index in [0.717, 1.165) is 41.2 Å². The topological polar surface area (TPSA) is 127 Å². The molecule has 2 aliphatic rings. The SMILES string of the molecule is C=C(CN1CCOCC1)C(=O)NCC(NC(=O)CCc1nc2ccc(Cl)cc2s1)C1CCCC1.CCC(N)=O. The fraction of sp³-hybridized carbons (Fsp3) is 0.571. The fourth-order valence-electron chi connectivity index (χ4n) is 4.68. The number of aryl methyl sites for hydroxylation is 1. The summed E-state index contributed by atoms with van der Waals surface area (Å²) in [5, 5.41) is 7.83. The Morgan fingerprint density at radius 1 is 1.26 bits per heavy atom. The van der Waals surface area contributed by atoms with E-state index in [9.17, 15) is 14.4 Å². The van der Waals surface area contributed by atoms with Crippen molar-refractivity contribution in [2.75, 3.05) is 39.4 Å². The lowest BCUT2D eigenvalue weighted by Gasteiger charge is -2.28. The molecule has 2 heterocycles. The summed E-state index contributed by atoms with van der Waals surface area (Å²) in [5.41, 5.74) is 6.11. The van der Waals surface area contributed by atoms with Crippen molar-refractivity contribution in [3.63, 3.8) is 0 Å². The number of rotatable bonds is 11. The highest BCUT2D eigenvalue weighted by molar-refractivity contribution is 7.18. The van der Waals surface area contributed by atoms with Gasteiger partial charge < -0.3 is 21.1 Å². The van der Waals surface area contributed by atoms with Crippen LogP contribution in [0.1, 0.15) is 50.5 Å². The Kier molecular flexibility index (Phi) is 12.6. The van der Waals surface area contributed by atoms with E-state index in [0.29, 0.717) is 62.1 Å². The molecule has 4 N–H and O–H groups in total. The average molecular weight is 578 g/mol. The number of nitrogens with two attached hydrogens (primary N) is 1. The number of ether oxygens (including phenoxy) is 1. The standard InChI is InChI=1S/C25H33ClN4O3S.C3H7NO/c1-17(16-30-10-12-33-13-11-30)25(32)27-15-21(18-4-2-3-5-18)28-23(31)8-9-24-29-20-7-6-19(26)14-22(20)34-24;1-2-3(4)5/h6-7,14,18,21H,1-5,8-13,15-16H2,(H,27,32)(H,28,31);2H2,1H3,(H2,4,5). The number of hydrogen-bond donors (Lipinski definition) is 3. The maximum absolute atomic E-state index is 12.8. The van der Waals surface area contributed by atoms with Crippen LogP contribution in [0.25, 0.3) is 10.2 Å². The second-order valence-electron chi connectivity index (χ2n) is 9.96. The first-order valence-electron chi connectivity index (χ1n) is 13.6. The second-order valence-corrected chi connectivity index (χ2v) is 11.5. The first-order chi connectivity index (χ1) is 18.7. The molecule has 2 fully saturated rings. The number of fused-ring (bicyclic) bond motifs is 1. The zero-order chi connectivity index (χ0) is 28.2. The zero-order valence-electron chi connectivity index (χ0n) is 22.7. The van der Waals surface area contributed by atoms with Gasteiger partial charge in [-0.3, -0.25) is 19.3 Å². The van der Waals surface area contributed by atoms with Gasteiger partial charge in [0.05, 0.1) is 28.4 Å². The predicted octanol–water partition coefficient (Wildman–Crippen LogP) is 3.44. The summed E-state index contributed by atoms with van der Waals surface area (Å²) in [6.45, 7) is 9.68. The Morgan fingerprint density at radius 2 is 1.95 bits per heavy atom. The molecule has 2 aromatic rings. The number of thiazole rings is 1. The van der Waals surface area contributed by atoms with Gasteiger partial charge in [-0.25, -0.2) is 4.98 Å². The third kappa shape index (κ3) is 10.5. The van der Waals surface area contributed by atoms with Gasteiger partial charge in [0, 0.05) is 62.1 Å². The normalized spacial score (nSPS) is 16.8. The summed E-state index contributed by atoms with van der Waals surface area (Å²) in [5.74, 6) is -0.00111. The molecule has 0 spiro atoms. The molecule has 9 nitrogen and oxygen atoms in total. The van der Waals surface area contributed by atoms with Gasteiger partial charge in [0.2, 0.25) is 17.7 Å². The van der Waals surface area contributed by atoms with Gasteiger partial charge in [-0.2, -0.15) is 0 Å². The number of benzene rings is 1. The molecule has 1 saturated carbocycles. The average Bonchev–Trinajstić information content (AvgIpc) is 3.60. The number of carbonyl (C=O) groups excluding carboxylic acids is 3. The molecular weight excluding hydrogens is 538 g/mol. The van der Waals surface area contributed by atoms with E-state index in [4.69, 9.17) is 16.3 Å². The predicted molar refractivity (Wildman–Crippen MR) is 156 cm³/mol. The number of morpholine rings is 1. The third-order valence-electron chi connectivity index (χ3n) is 6.95. The minimum atomic E-state index is -0.245. The molecule has 0 bridgehead atoms. The second kappa shape index (κ2) is 15.9. The van der Waals surface area contributed by atoms with E-state index in [1.54, 1.807) is 18.3 Å². The van der Waals surface area contributed by atoms with Crippen LogP contribution in [0.15, 0.2) is 30.4 Å². The van der Waals surface area contributed by atoms with Crippen molar-refractivity contribution in [1.82, 2.24) is 20.5 Å². The minimum Gasteiger partial charge on any atom is -0.379 e. The van der Waals surface area contributed by atoms with Gasteiger partial charge in [0.25, 0.3) is 0 Å². The summed E-state index contributed by atoms with van der Waals surface area (Å²) >= 11 is 7.64. The first-order valence-corrected chi connectivity index (χ1v) is 14.8. The van der Waals surface area contributed by atoms with Crippen LogP contribution < -0.4 is 16.4 Å². The minimum absolute atomic E-state index is 0.00409. The molecule has 1 aliphatic heterocycles. The van der Waals surface area contributed by atoms with E-state index in [1.165, 1.54) is 12.8 Å². The van der Waals surface area contributed by atoms with Crippen molar-refractivity contribution in [1.29, 1.82) is 0 Å². The third-order valence-corrected chi connectivity index (χ3v) is 8.26. The summed E-state index contributed by atoms with van der Waals surface area (Å²) in [7, 11) is 0. The highest BCUT2D eigenvalue weighted by Crippen LogP contribution is 2.28. The zero-order valence-corrected chi connectivity index (χ0v) is 24.2. The maximum Gasteiger partial charge on any atom is 0.247 e. The highest BCUT2D eigenvalue weighted by Gasteiger charge is 2.27. The Labute approximate surface area is 239 Å². The van der Waals surface area contributed by atoms with E-state index < -0.39 is 0 Å². The van der Waals surface area contributed by atoms with Crippen LogP contribution in [0.3, 0.4) is 0 Å². The van der Waals surface area contributed by atoms with Gasteiger partial charge in [0.15, 0.2) is 0 Å².